The summed E-state index contributed by atoms with van der Waals surface area (Å²) in [5, 5.41) is 5.55. The number of nitrogens with one attached hydrogen (secondary N) is 2. The Morgan fingerprint density at radius 3 is 2.80 bits per heavy atom. The third kappa shape index (κ3) is 2.68. The fourth-order valence-corrected chi connectivity index (χ4v) is 2.06. The molecule has 2 aliphatic rings. The molecule has 15 heavy (non-hydrogen) atoms. The normalized spacial score (nSPS) is 27.5. The van der Waals surface area contributed by atoms with E-state index in [9.17, 15) is 9.59 Å². The molecule has 2 rings (SSSR count). The molecule has 2 fully saturated rings. The number of carbonyl (C=O) groups is 2. The van der Waals surface area contributed by atoms with Gasteiger partial charge in [-0.3, -0.25) is 9.59 Å². The van der Waals surface area contributed by atoms with Crippen LogP contribution < -0.4 is 10.6 Å². The molecular formula is C10H16N2O3. The second kappa shape index (κ2) is 4.61. The van der Waals surface area contributed by atoms with Crippen LogP contribution in [0.4, 0.5) is 0 Å². The van der Waals surface area contributed by atoms with Crippen LogP contribution in [0.5, 0.6) is 0 Å². The molecule has 0 bridgehead atoms. The molecule has 0 aromatic heterocycles. The molecule has 0 radical (unpaired) electrons. The Balaban J connectivity index is 1.81. The summed E-state index contributed by atoms with van der Waals surface area (Å²) in [6, 6.07) is -0.219. The van der Waals surface area contributed by atoms with Crippen molar-refractivity contribution in [2.45, 2.75) is 37.8 Å². The highest BCUT2D eigenvalue weighted by Gasteiger charge is 2.27. The maximum atomic E-state index is 11.7. The fraction of sp³-hybridized carbons (Fsp3) is 0.800. The molecule has 2 N–H and O–H groups in total. The Morgan fingerprint density at radius 2 is 2.13 bits per heavy atom. The average molecular weight is 212 g/mol. The van der Waals surface area contributed by atoms with E-state index in [4.69, 9.17) is 4.74 Å². The van der Waals surface area contributed by atoms with Crippen molar-refractivity contribution in [3.8, 4) is 0 Å². The fourth-order valence-electron chi connectivity index (χ4n) is 2.06. The van der Waals surface area contributed by atoms with Crippen molar-refractivity contribution in [1.29, 1.82) is 0 Å². The lowest BCUT2D eigenvalue weighted by Gasteiger charge is -2.24. The zero-order valence-electron chi connectivity index (χ0n) is 8.62. The summed E-state index contributed by atoms with van der Waals surface area (Å²) < 4.78 is 5.01. The highest BCUT2D eigenvalue weighted by Crippen LogP contribution is 2.17. The number of carbonyl (C=O) groups excluding carboxylic acids is 2. The van der Waals surface area contributed by atoms with Crippen LogP contribution in [0.1, 0.15) is 25.7 Å². The molecule has 5 heteroatoms. The highest BCUT2D eigenvalue weighted by atomic mass is 16.5. The summed E-state index contributed by atoms with van der Waals surface area (Å²) in [6.45, 7) is 0.345. The first kappa shape index (κ1) is 10.4. The molecule has 1 saturated heterocycles. The number of amides is 2. The Labute approximate surface area is 88.5 Å². The standard InChI is InChI=1S/C10H16N2O3/c13-9-6-15-5-8(12-9)10(14)11-7-3-1-2-4-7/h7-8H,1-6H2,(H,11,14)(H,12,13). The first-order chi connectivity index (χ1) is 7.25. The topological polar surface area (TPSA) is 67.4 Å². The zero-order valence-corrected chi connectivity index (χ0v) is 8.62. The molecule has 1 heterocycles. The molecule has 1 unspecified atom stereocenters. The Kier molecular flexibility index (Phi) is 3.20. The van der Waals surface area contributed by atoms with Gasteiger partial charge in [0.2, 0.25) is 11.8 Å². The van der Waals surface area contributed by atoms with Gasteiger partial charge in [0.25, 0.3) is 0 Å². The molecule has 1 atom stereocenters. The molecule has 0 aromatic rings. The predicted molar refractivity (Wildman–Crippen MR) is 53.1 cm³/mol. The van der Waals surface area contributed by atoms with Crippen LogP contribution in [-0.4, -0.2) is 37.1 Å². The minimum Gasteiger partial charge on any atom is -0.369 e. The van der Waals surface area contributed by atoms with Crippen molar-refractivity contribution in [1.82, 2.24) is 10.6 Å². The number of rotatable bonds is 2. The SMILES string of the molecule is O=C1COCC(C(=O)NC2CCCC2)N1. The molecule has 1 saturated carbocycles. The lowest BCUT2D eigenvalue weighted by molar-refractivity contribution is -0.138. The summed E-state index contributed by atoms with van der Waals surface area (Å²) in [6.07, 6.45) is 4.46. The van der Waals surface area contributed by atoms with E-state index < -0.39 is 6.04 Å². The van der Waals surface area contributed by atoms with E-state index in [0.29, 0.717) is 0 Å². The van der Waals surface area contributed by atoms with Crippen molar-refractivity contribution in [2.24, 2.45) is 0 Å². The van der Waals surface area contributed by atoms with E-state index in [1.807, 2.05) is 0 Å². The first-order valence-corrected chi connectivity index (χ1v) is 5.43. The van der Waals surface area contributed by atoms with Gasteiger partial charge in [-0.05, 0) is 12.8 Å². The van der Waals surface area contributed by atoms with Gasteiger partial charge in [-0.15, -0.1) is 0 Å². The van der Waals surface area contributed by atoms with E-state index in [-0.39, 0.29) is 31.1 Å². The minimum absolute atomic E-state index is 0.0627. The second-order valence-corrected chi connectivity index (χ2v) is 4.13. The zero-order chi connectivity index (χ0) is 10.7. The molecule has 0 aromatic carbocycles. The highest BCUT2D eigenvalue weighted by molar-refractivity contribution is 5.89. The van der Waals surface area contributed by atoms with E-state index in [1.54, 1.807) is 0 Å². The van der Waals surface area contributed by atoms with Crippen molar-refractivity contribution in [3.05, 3.63) is 0 Å². The third-order valence-electron chi connectivity index (χ3n) is 2.87. The molecule has 2 amide bonds. The van der Waals surface area contributed by atoms with E-state index in [0.717, 1.165) is 12.8 Å². The van der Waals surface area contributed by atoms with Gasteiger partial charge < -0.3 is 15.4 Å². The smallest absolute Gasteiger partial charge is 0.246 e. The van der Waals surface area contributed by atoms with Gasteiger partial charge in [0, 0.05) is 6.04 Å². The van der Waals surface area contributed by atoms with Gasteiger partial charge in [0.15, 0.2) is 0 Å². The molecule has 1 aliphatic heterocycles. The number of hydrogen-bond donors (Lipinski definition) is 2. The molecule has 0 spiro atoms. The van der Waals surface area contributed by atoms with Crippen LogP contribution in [0.2, 0.25) is 0 Å². The quantitative estimate of drug-likeness (QED) is 0.652. The van der Waals surface area contributed by atoms with Crippen molar-refractivity contribution in [3.63, 3.8) is 0 Å². The van der Waals surface area contributed by atoms with E-state index >= 15 is 0 Å². The number of hydrogen-bond acceptors (Lipinski definition) is 3. The molecular weight excluding hydrogens is 196 g/mol. The van der Waals surface area contributed by atoms with Crippen LogP contribution in [0.25, 0.3) is 0 Å². The minimum atomic E-state index is -0.508. The van der Waals surface area contributed by atoms with Crippen LogP contribution in [-0.2, 0) is 14.3 Å². The number of ether oxygens (including phenoxy) is 1. The monoisotopic (exact) mass is 212 g/mol. The summed E-state index contributed by atoms with van der Waals surface area (Å²) >= 11 is 0. The first-order valence-electron chi connectivity index (χ1n) is 5.43. The summed E-state index contributed by atoms with van der Waals surface area (Å²) in [7, 11) is 0. The van der Waals surface area contributed by atoms with Gasteiger partial charge in [-0.2, -0.15) is 0 Å². The van der Waals surface area contributed by atoms with Gasteiger partial charge in [0.1, 0.15) is 12.6 Å². The van der Waals surface area contributed by atoms with Crippen LogP contribution in [0.3, 0.4) is 0 Å². The third-order valence-corrected chi connectivity index (χ3v) is 2.87. The van der Waals surface area contributed by atoms with Crippen LogP contribution in [0, 0.1) is 0 Å². The van der Waals surface area contributed by atoms with Crippen molar-refractivity contribution < 1.29 is 14.3 Å². The number of morpholine rings is 1. The van der Waals surface area contributed by atoms with Crippen molar-refractivity contribution in [2.75, 3.05) is 13.2 Å². The van der Waals surface area contributed by atoms with Crippen LogP contribution in [0.15, 0.2) is 0 Å². The Bertz CT molecular complexity index is 261. The Morgan fingerprint density at radius 1 is 1.40 bits per heavy atom. The largest absolute Gasteiger partial charge is 0.369 e. The maximum Gasteiger partial charge on any atom is 0.246 e. The van der Waals surface area contributed by atoms with E-state index in [2.05, 4.69) is 10.6 Å². The maximum absolute atomic E-state index is 11.7. The average Bonchev–Trinajstić information content (AvgIpc) is 2.70. The van der Waals surface area contributed by atoms with Gasteiger partial charge in [-0.25, -0.2) is 0 Å². The van der Waals surface area contributed by atoms with Gasteiger partial charge in [-0.1, -0.05) is 12.8 Å². The summed E-state index contributed by atoms with van der Waals surface area (Å²) in [4.78, 5) is 22.7. The van der Waals surface area contributed by atoms with Gasteiger partial charge >= 0.3 is 0 Å². The lowest BCUT2D eigenvalue weighted by atomic mass is 10.2. The summed E-state index contributed by atoms with van der Waals surface area (Å²) in [5.41, 5.74) is 0. The summed E-state index contributed by atoms with van der Waals surface area (Å²) in [5.74, 6) is -0.331. The Hall–Kier alpha value is -1.10. The molecule has 1 aliphatic carbocycles. The van der Waals surface area contributed by atoms with Gasteiger partial charge in [0.05, 0.1) is 6.61 Å². The molecule has 84 valence electrons. The van der Waals surface area contributed by atoms with Crippen LogP contribution >= 0.6 is 0 Å². The lowest BCUT2D eigenvalue weighted by Crippen LogP contribution is -2.55. The second-order valence-electron chi connectivity index (χ2n) is 4.13. The van der Waals surface area contributed by atoms with Crippen molar-refractivity contribution >= 4 is 11.8 Å². The van der Waals surface area contributed by atoms with E-state index in [1.165, 1.54) is 12.8 Å². The molecule has 5 nitrogen and oxygen atoms in total. The predicted octanol–water partition coefficient (Wildman–Crippen LogP) is -0.440.